The summed E-state index contributed by atoms with van der Waals surface area (Å²) in [5.74, 6) is 0.0782. The van der Waals surface area contributed by atoms with E-state index in [0.29, 0.717) is 0 Å². The van der Waals surface area contributed by atoms with Gasteiger partial charge in [0.1, 0.15) is 0 Å². The van der Waals surface area contributed by atoms with Gasteiger partial charge in [-0.05, 0) is 48.6 Å². The Morgan fingerprint density at radius 1 is 1.29 bits per heavy atom. The normalized spacial score (nSPS) is 13.3. The Balaban J connectivity index is 2.01. The molecule has 108 valence electrons. The number of fused-ring (bicyclic) bond motifs is 1. The molecule has 1 amide bonds. The van der Waals surface area contributed by atoms with Gasteiger partial charge in [0.15, 0.2) is 0 Å². The molecule has 3 heteroatoms. The highest BCUT2D eigenvalue weighted by molar-refractivity contribution is 6.08. The lowest BCUT2D eigenvalue weighted by Crippen LogP contribution is -2.29. The Labute approximate surface area is 125 Å². The van der Waals surface area contributed by atoms with Gasteiger partial charge in [0, 0.05) is 23.5 Å². The van der Waals surface area contributed by atoms with E-state index in [1.54, 1.807) is 0 Å². The van der Waals surface area contributed by atoms with Crippen molar-refractivity contribution in [1.82, 2.24) is 0 Å². The van der Waals surface area contributed by atoms with Crippen LogP contribution in [0.1, 0.15) is 34.0 Å². The van der Waals surface area contributed by atoms with Crippen molar-refractivity contribution in [2.45, 2.75) is 26.7 Å². The summed E-state index contributed by atoms with van der Waals surface area (Å²) in [5, 5.41) is 0. The molecule has 0 aromatic heterocycles. The van der Waals surface area contributed by atoms with E-state index in [9.17, 15) is 4.79 Å². The molecule has 21 heavy (non-hydrogen) atoms. The number of hydrogen-bond donors (Lipinski definition) is 1. The molecular formula is C18H20N2O. The number of benzene rings is 2. The van der Waals surface area contributed by atoms with E-state index in [0.717, 1.165) is 47.5 Å². The highest BCUT2D eigenvalue weighted by Crippen LogP contribution is 2.33. The third kappa shape index (κ3) is 2.29. The number of nitrogen functional groups attached to an aromatic ring is 1. The van der Waals surface area contributed by atoms with Crippen LogP contribution in [-0.4, -0.2) is 12.5 Å². The lowest BCUT2D eigenvalue weighted by Gasteiger charge is -2.19. The molecule has 2 aromatic carbocycles. The molecule has 3 nitrogen and oxygen atoms in total. The van der Waals surface area contributed by atoms with Crippen molar-refractivity contribution in [3.8, 4) is 0 Å². The molecule has 1 aliphatic heterocycles. The maximum absolute atomic E-state index is 12.9. The monoisotopic (exact) mass is 280 g/mol. The average Bonchev–Trinajstić information content (AvgIpc) is 2.89. The standard InChI is InChI=1S/C18H20N2O/c1-3-13-6-4-5-7-15(13)18(21)20-9-8-14-10-12(2)16(19)11-17(14)20/h4-7,10-11H,3,8-9,19H2,1-2H3. The van der Waals surface area contributed by atoms with Gasteiger partial charge in [0.05, 0.1) is 0 Å². The van der Waals surface area contributed by atoms with E-state index in [2.05, 4.69) is 13.0 Å². The third-order valence-electron chi connectivity index (χ3n) is 4.24. The average molecular weight is 280 g/mol. The number of nitrogens with two attached hydrogens (primary N) is 1. The highest BCUT2D eigenvalue weighted by atomic mass is 16.2. The van der Waals surface area contributed by atoms with Crippen molar-refractivity contribution >= 4 is 17.3 Å². The summed E-state index contributed by atoms with van der Waals surface area (Å²) >= 11 is 0. The fourth-order valence-electron chi connectivity index (χ4n) is 2.97. The zero-order chi connectivity index (χ0) is 15.0. The topological polar surface area (TPSA) is 46.3 Å². The van der Waals surface area contributed by atoms with Crippen LogP contribution < -0.4 is 10.6 Å². The summed E-state index contributed by atoms with van der Waals surface area (Å²) in [6.45, 7) is 4.81. The fourth-order valence-corrected chi connectivity index (χ4v) is 2.97. The SMILES string of the molecule is CCc1ccccc1C(=O)N1CCc2cc(C)c(N)cc21. The van der Waals surface area contributed by atoms with E-state index in [1.165, 1.54) is 5.56 Å². The van der Waals surface area contributed by atoms with Crippen LogP contribution in [0.2, 0.25) is 0 Å². The van der Waals surface area contributed by atoms with Gasteiger partial charge in [-0.1, -0.05) is 31.2 Å². The summed E-state index contributed by atoms with van der Waals surface area (Å²) in [7, 11) is 0. The molecule has 1 aliphatic rings. The maximum Gasteiger partial charge on any atom is 0.258 e. The van der Waals surface area contributed by atoms with Crippen LogP contribution in [0.3, 0.4) is 0 Å². The Kier molecular flexibility index (Phi) is 3.42. The van der Waals surface area contributed by atoms with Gasteiger partial charge in [-0.3, -0.25) is 4.79 Å². The summed E-state index contributed by atoms with van der Waals surface area (Å²) in [6.07, 6.45) is 1.76. The summed E-state index contributed by atoms with van der Waals surface area (Å²) in [5.41, 5.74) is 11.9. The van der Waals surface area contributed by atoms with Crippen LogP contribution in [-0.2, 0) is 12.8 Å². The van der Waals surface area contributed by atoms with Gasteiger partial charge >= 0.3 is 0 Å². The van der Waals surface area contributed by atoms with Crippen molar-refractivity contribution in [3.63, 3.8) is 0 Å². The van der Waals surface area contributed by atoms with E-state index >= 15 is 0 Å². The predicted molar refractivity (Wildman–Crippen MR) is 86.8 cm³/mol. The molecule has 0 saturated carbocycles. The third-order valence-corrected chi connectivity index (χ3v) is 4.24. The molecule has 1 heterocycles. The van der Waals surface area contributed by atoms with Gasteiger partial charge in [0.2, 0.25) is 0 Å². The van der Waals surface area contributed by atoms with Crippen molar-refractivity contribution in [1.29, 1.82) is 0 Å². The first-order chi connectivity index (χ1) is 10.1. The lowest BCUT2D eigenvalue weighted by molar-refractivity contribution is 0.0988. The van der Waals surface area contributed by atoms with Crippen molar-refractivity contribution in [2.24, 2.45) is 0 Å². The Morgan fingerprint density at radius 2 is 2.05 bits per heavy atom. The van der Waals surface area contributed by atoms with Crippen molar-refractivity contribution in [2.75, 3.05) is 17.2 Å². The first-order valence-electron chi connectivity index (χ1n) is 7.40. The van der Waals surface area contributed by atoms with Crippen LogP contribution >= 0.6 is 0 Å². The summed E-state index contributed by atoms with van der Waals surface area (Å²) in [6, 6.07) is 11.9. The second-order valence-electron chi connectivity index (χ2n) is 5.55. The molecule has 3 rings (SSSR count). The number of amides is 1. The van der Waals surface area contributed by atoms with E-state index in [-0.39, 0.29) is 5.91 Å². The highest BCUT2D eigenvalue weighted by Gasteiger charge is 2.27. The summed E-state index contributed by atoms with van der Waals surface area (Å²) in [4.78, 5) is 14.7. The molecule has 0 unspecified atom stereocenters. The molecule has 0 aliphatic carbocycles. The van der Waals surface area contributed by atoms with Crippen molar-refractivity contribution < 1.29 is 4.79 Å². The zero-order valence-corrected chi connectivity index (χ0v) is 12.5. The Hall–Kier alpha value is -2.29. The van der Waals surface area contributed by atoms with Crippen molar-refractivity contribution in [3.05, 3.63) is 58.7 Å². The van der Waals surface area contributed by atoms with Crippen LogP contribution in [0.25, 0.3) is 0 Å². The van der Waals surface area contributed by atoms with Gasteiger partial charge in [-0.15, -0.1) is 0 Å². The van der Waals surface area contributed by atoms with Crippen LogP contribution in [0.15, 0.2) is 36.4 Å². The molecule has 2 N–H and O–H groups in total. The first kappa shape index (κ1) is 13.7. The van der Waals surface area contributed by atoms with Gasteiger partial charge in [0.25, 0.3) is 5.91 Å². The van der Waals surface area contributed by atoms with Gasteiger partial charge in [-0.2, -0.15) is 0 Å². The minimum absolute atomic E-state index is 0.0782. The lowest BCUT2D eigenvalue weighted by atomic mass is 10.0. The fraction of sp³-hybridized carbons (Fsp3) is 0.278. The number of hydrogen-bond acceptors (Lipinski definition) is 2. The number of carbonyl (C=O) groups is 1. The number of rotatable bonds is 2. The quantitative estimate of drug-likeness (QED) is 0.858. The molecule has 0 fully saturated rings. The smallest absolute Gasteiger partial charge is 0.258 e. The second kappa shape index (κ2) is 5.24. The largest absolute Gasteiger partial charge is 0.398 e. The number of aryl methyl sites for hydroxylation is 2. The molecule has 0 spiro atoms. The predicted octanol–water partition coefficient (Wildman–Crippen LogP) is 3.34. The first-order valence-corrected chi connectivity index (χ1v) is 7.40. The van der Waals surface area contributed by atoms with E-state index in [4.69, 9.17) is 5.73 Å². The van der Waals surface area contributed by atoms with E-state index < -0.39 is 0 Å². The minimum Gasteiger partial charge on any atom is -0.398 e. The minimum atomic E-state index is 0.0782. The van der Waals surface area contributed by atoms with E-state index in [1.807, 2.05) is 42.2 Å². The number of anilines is 2. The maximum atomic E-state index is 12.9. The van der Waals surface area contributed by atoms with Gasteiger partial charge in [-0.25, -0.2) is 0 Å². The molecule has 0 radical (unpaired) electrons. The molecular weight excluding hydrogens is 260 g/mol. The van der Waals surface area contributed by atoms with Crippen LogP contribution in [0.5, 0.6) is 0 Å². The molecule has 0 saturated heterocycles. The Morgan fingerprint density at radius 3 is 2.81 bits per heavy atom. The molecule has 2 aromatic rings. The number of nitrogens with zero attached hydrogens (tertiary/aromatic N) is 1. The Bertz CT molecular complexity index is 706. The summed E-state index contributed by atoms with van der Waals surface area (Å²) < 4.78 is 0. The second-order valence-corrected chi connectivity index (χ2v) is 5.55. The molecule has 0 atom stereocenters. The van der Waals surface area contributed by atoms with Gasteiger partial charge < -0.3 is 10.6 Å². The van der Waals surface area contributed by atoms with Crippen LogP contribution in [0, 0.1) is 6.92 Å². The molecule has 0 bridgehead atoms. The number of carbonyl (C=O) groups excluding carboxylic acids is 1. The zero-order valence-electron chi connectivity index (χ0n) is 12.5. The van der Waals surface area contributed by atoms with Crippen LogP contribution in [0.4, 0.5) is 11.4 Å².